The molecule has 2 N–H and O–H groups in total. The van der Waals surface area contributed by atoms with Crippen LogP contribution in [0, 0.1) is 0 Å². The fourth-order valence-corrected chi connectivity index (χ4v) is 2.26. The van der Waals surface area contributed by atoms with E-state index >= 15 is 0 Å². The lowest BCUT2D eigenvalue weighted by atomic mass is 10.3. The Morgan fingerprint density at radius 3 is 2.53 bits per heavy atom. The number of anilines is 1. The third-order valence-electron chi connectivity index (χ3n) is 3.05. The van der Waals surface area contributed by atoms with Gasteiger partial charge in [-0.15, -0.1) is 0 Å². The van der Waals surface area contributed by atoms with E-state index in [1.54, 1.807) is 0 Å². The van der Waals surface area contributed by atoms with Crippen LogP contribution in [0.4, 0.5) is 5.69 Å². The normalized spacial score (nSPS) is 18.2. The molecule has 1 aliphatic heterocycles. The van der Waals surface area contributed by atoms with Crippen LogP contribution in [0.1, 0.15) is 12.8 Å². The standard InChI is InChI=1S/C13H19ClN2O/c14-11-3-5-12(6-4-11)15-9-13(17)10-16-7-1-2-8-16/h3-6,13,15,17H,1-2,7-10H2. The number of halogens is 1. The Morgan fingerprint density at radius 1 is 1.24 bits per heavy atom. The van der Waals surface area contributed by atoms with E-state index in [1.807, 2.05) is 24.3 Å². The van der Waals surface area contributed by atoms with Gasteiger partial charge in [-0.05, 0) is 50.2 Å². The van der Waals surface area contributed by atoms with Crippen molar-refractivity contribution in [3.63, 3.8) is 0 Å². The average molecular weight is 255 g/mol. The Hall–Kier alpha value is -0.770. The van der Waals surface area contributed by atoms with Gasteiger partial charge < -0.3 is 15.3 Å². The van der Waals surface area contributed by atoms with Gasteiger partial charge in [0.2, 0.25) is 0 Å². The van der Waals surface area contributed by atoms with E-state index in [1.165, 1.54) is 12.8 Å². The summed E-state index contributed by atoms with van der Waals surface area (Å²) in [6.45, 7) is 3.59. The average Bonchev–Trinajstić information content (AvgIpc) is 2.81. The highest BCUT2D eigenvalue weighted by molar-refractivity contribution is 6.30. The first-order chi connectivity index (χ1) is 8.24. The van der Waals surface area contributed by atoms with E-state index in [2.05, 4.69) is 10.2 Å². The molecule has 0 amide bonds. The minimum Gasteiger partial charge on any atom is -0.390 e. The second kappa shape index (κ2) is 6.24. The summed E-state index contributed by atoms with van der Waals surface area (Å²) in [4.78, 5) is 2.31. The van der Waals surface area contributed by atoms with E-state index in [-0.39, 0.29) is 6.10 Å². The van der Waals surface area contributed by atoms with Gasteiger partial charge in [0.15, 0.2) is 0 Å². The summed E-state index contributed by atoms with van der Waals surface area (Å²) in [5.74, 6) is 0. The molecule has 3 nitrogen and oxygen atoms in total. The van der Waals surface area contributed by atoms with Crippen LogP contribution in [0.25, 0.3) is 0 Å². The molecule has 1 saturated heterocycles. The molecule has 1 heterocycles. The zero-order chi connectivity index (χ0) is 12.1. The zero-order valence-corrected chi connectivity index (χ0v) is 10.7. The second-order valence-electron chi connectivity index (χ2n) is 4.55. The van der Waals surface area contributed by atoms with Gasteiger partial charge in [-0.25, -0.2) is 0 Å². The zero-order valence-electron chi connectivity index (χ0n) is 9.90. The number of aliphatic hydroxyl groups is 1. The lowest BCUT2D eigenvalue weighted by Gasteiger charge is -2.20. The predicted octanol–water partition coefficient (Wildman–Crippen LogP) is 2.21. The molecular formula is C13H19ClN2O. The molecule has 1 aromatic carbocycles. The number of hydrogen-bond acceptors (Lipinski definition) is 3. The first kappa shape index (κ1) is 12.7. The minimum atomic E-state index is -0.316. The lowest BCUT2D eigenvalue weighted by molar-refractivity contribution is 0.135. The fraction of sp³-hybridized carbons (Fsp3) is 0.538. The second-order valence-corrected chi connectivity index (χ2v) is 4.99. The van der Waals surface area contributed by atoms with Crippen LogP contribution in [0.2, 0.25) is 5.02 Å². The molecule has 17 heavy (non-hydrogen) atoms. The van der Waals surface area contributed by atoms with Crippen LogP contribution in [0.3, 0.4) is 0 Å². The third kappa shape index (κ3) is 4.19. The summed E-state index contributed by atoms with van der Waals surface area (Å²) >= 11 is 5.80. The van der Waals surface area contributed by atoms with Crippen LogP contribution in [0.15, 0.2) is 24.3 Å². The molecule has 1 atom stereocenters. The van der Waals surface area contributed by atoms with E-state index < -0.39 is 0 Å². The molecule has 1 fully saturated rings. The Bertz CT molecular complexity index is 336. The first-order valence-corrected chi connectivity index (χ1v) is 6.52. The number of nitrogens with zero attached hydrogens (tertiary/aromatic N) is 1. The van der Waals surface area contributed by atoms with Gasteiger partial charge in [-0.3, -0.25) is 0 Å². The predicted molar refractivity (Wildman–Crippen MR) is 71.6 cm³/mol. The van der Waals surface area contributed by atoms with Gasteiger partial charge in [-0.1, -0.05) is 11.6 Å². The van der Waals surface area contributed by atoms with Crippen LogP contribution in [0.5, 0.6) is 0 Å². The monoisotopic (exact) mass is 254 g/mol. The molecule has 1 aliphatic rings. The summed E-state index contributed by atoms with van der Waals surface area (Å²) < 4.78 is 0. The van der Waals surface area contributed by atoms with Crippen molar-refractivity contribution in [2.24, 2.45) is 0 Å². The van der Waals surface area contributed by atoms with E-state index in [0.717, 1.165) is 30.3 Å². The molecule has 2 rings (SSSR count). The van der Waals surface area contributed by atoms with Crippen molar-refractivity contribution in [1.82, 2.24) is 4.90 Å². The molecule has 0 spiro atoms. The van der Waals surface area contributed by atoms with Gasteiger partial charge in [-0.2, -0.15) is 0 Å². The van der Waals surface area contributed by atoms with Gasteiger partial charge in [0, 0.05) is 23.8 Å². The molecule has 94 valence electrons. The van der Waals surface area contributed by atoms with Crippen molar-refractivity contribution in [1.29, 1.82) is 0 Å². The summed E-state index contributed by atoms with van der Waals surface area (Å²) in [7, 11) is 0. The summed E-state index contributed by atoms with van der Waals surface area (Å²) in [6.07, 6.45) is 2.21. The molecular weight excluding hydrogens is 236 g/mol. The smallest absolute Gasteiger partial charge is 0.0839 e. The number of benzene rings is 1. The maximum atomic E-state index is 9.90. The molecule has 0 radical (unpaired) electrons. The van der Waals surface area contributed by atoms with Crippen molar-refractivity contribution in [3.8, 4) is 0 Å². The molecule has 0 aromatic heterocycles. The maximum Gasteiger partial charge on any atom is 0.0839 e. The lowest BCUT2D eigenvalue weighted by Crippen LogP contribution is -2.34. The molecule has 0 bridgehead atoms. The Labute approximate surface area is 107 Å². The largest absolute Gasteiger partial charge is 0.390 e. The molecule has 1 aromatic rings. The number of aliphatic hydroxyl groups excluding tert-OH is 1. The van der Waals surface area contributed by atoms with E-state index in [0.29, 0.717) is 6.54 Å². The summed E-state index contributed by atoms with van der Waals surface area (Å²) in [5.41, 5.74) is 0.995. The van der Waals surface area contributed by atoms with Crippen molar-refractivity contribution in [3.05, 3.63) is 29.3 Å². The Morgan fingerprint density at radius 2 is 1.88 bits per heavy atom. The molecule has 1 unspecified atom stereocenters. The SMILES string of the molecule is OC(CNc1ccc(Cl)cc1)CN1CCCC1. The van der Waals surface area contributed by atoms with Crippen LogP contribution in [-0.2, 0) is 0 Å². The quantitative estimate of drug-likeness (QED) is 0.846. The van der Waals surface area contributed by atoms with Crippen molar-refractivity contribution in [2.45, 2.75) is 18.9 Å². The highest BCUT2D eigenvalue weighted by Gasteiger charge is 2.15. The Balaban J connectivity index is 1.71. The Kier molecular flexibility index (Phi) is 4.66. The first-order valence-electron chi connectivity index (χ1n) is 6.14. The molecule has 0 aliphatic carbocycles. The topological polar surface area (TPSA) is 35.5 Å². The van der Waals surface area contributed by atoms with Gasteiger partial charge in [0.05, 0.1) is 6.10 Å². The van der Waals surface area contributed by atoms with Gasteiger partial charge >= 0.3 is 0 Å². The third-order valence-corrected chi connectivity index (χ3v) is 3.31. The van der Waals surface area contributed by atoms with Crippen molar-refractivity contribution in [2.75, 3.05) is 31.5 Å². The maximum absolute atomic E-state index is 9.90. The van der Waals surface area contributed by atoms with Crippen molar-refractivity contribution >= 4 is 17.3 Å². The van der Waals surface area contributed by atoms with E-state index in [4.69, 9.17) is 11.6 Å². The fourth-order valence-electron chi connectivity index (χ4n) is 2.13. The van der Waals surface area contributed by atoms with E-state index in [9.17, 15) is 5.11 Å². The number of likely N-dealkylation sites (tertiary alicyclic amines) is 1. The van der Waals surface area contributed by atoms with Crippen LogP contribution >= 0.6 is 11.6 Å². The van der Waals surface area contributed by atoms with Crippen LogP contribution < -0.4 is 5.32 Å². The van der Waals surface area contributed by atoms with Gasteiger partial charge in [0.1, 0.15) is 0 Å². The highest BCUT2D eigenvalue weighted by atomic mass is 35.5. The van der Waals surface area contributed by atoms with Crippen molar-refractivity contribution < 1.29 is 5.11 Å². The summed E-state index contributed by atoms with van der Waals surface area (Å²) in [5, 5.41) is 13.8. The van der Waals surface area contributed by atoms with Crippen LogP contribution in [-0.4, -0.2) is 42.3 Å². The number of rotatable bonds is 5. The number of hydrogen-bond donors (Lipinski definition) is 2. The number of β-amino-alcohol motifs (C(OH)–C–C–N with tert-alkyl or cyclic N) is 1. The summed E-state index contributed by atoms with van der Waals surface area (Å²) in [6, 6.07) is 7.53. The number of nitrogens with one attached hydrogen (secondary N) is 1. The highest BCUT2D eigenvalue weighted by Crippen LogP contribution is 2.13. The molecule has 0 saturated carbocycles. The minimum absolute atomic E-state index is 0.316. The molecule has 4 heteroatoms. The van der Waals surface area contributed by atoms with Gasteiger partial charge in [0.25, 0.3) is 0 Å².